The number of amides is 1. The summed E-state index contributed by atoms with van der Waals surface area (Å²) in [6.45, 7) is 5.13. The van der Waals surface area contributed by atoms with Crippen molar-refractivity contribution in [3.8, 4) is 11.5 Å². The van der Waals surface area contributed by atoms with Crippen LogP contribution in [0.2, 0.25) is 0 Å². The number of carbonyl (C=O) groups is 1. The fourth-order valence-electron chi connectivity index (χ4n) is 4.99. The van der Waals surface area contributed by atoms with Crippen LogP contribution in [-0.4, -0.2) is 66.9 Å². The Labute approximate surface area is 203 Å². The first kappa shape index (κ1) is 23.3. The molecule has 0 N–H and O–H groups in total. The quantitative estimate of drug-likeness (QED) is 0.537. The SMILES string of the molecule is COc1cc2nc(CN3CCOCC3)n(CC(=O)N3c4ccccc4CC3C)c(=O)c2cc1OC. The molecule has 1 atom stereocenters. The zero-order valence-electron chi connectivity index (χ0n) is 20.3. The Morgan fingerprint density at radius 1 is 1.11 bits per heavy atom. The fourth-order valence-corrected chi connectivity index (χ4v) is 4.99. The van der Waals surface area contributed by atoms with Gasteiger partial charge >= 0.3 is 0 Å². The number of morpholine rings is 1. The molecule has 1 amide bonds. The third-order valence-electron chi connectivity index (χ3n) is 6.78. The van der Waals surface area contributed by atoms with Gasteiger partial charge in [0.25, 0.3) is 5.56 Å². The maximum Gasteiger partial charge on any atom is 0.262 e. The molecular weight excluding hydrogens is 448 g/mol. The van der Waals surface area contributed by atoms with Gasteiger partial charge in [0.2, 0.25) is 5.91 Å². The average molecular weight is 479 g/mol. The molecule has 9 heteroatoms. The molecule has 1 unspecified atom stereocenters. The highest BCUT2D eigenvalue weighted by molar-refractivity contribution is 5.96. The summed E-state index contributed by atoms with van der Waals surface area (Å²) in [6, 6.07) is 11.3. The van der Waals surface area contributed by atoms with Crippen LogP contribution in [0.15, 0.2) is 41.2 Å². The number of fused-ring (bicyclic) bond motifs is 2. The molecule has 2 aliphatic rings. The molecule has 0 aliphatic carbocycles. The summed E-state index contributed by atoms with van der Waals surface area (Å²) in [5.74, 6) is 1.36. The molecule has 35 heavy (non-hydrogen) atoms. The number of rotatable bonds is 6. The van der Waals surface area contributed by atoms with Gasteiger partial charge in [0.1, 0.15) is 12.4 Å². The Kier molecular flexibility index (Phi) is 6.44. The van der Waals surface area contributed by atoms with Crippen LogP contribution in [-0.2, 0) is 29.0 Å². The van der Waals surface area contributed by atoms with E-state index in [2.05, 4.69) is 4.90 Å². The average Bonchev–Trinajstić information content (AvgIpc) is 3.22. The molecule has 0 bridgehead atoms. The largest absolute Gasteiger partial charge is 0.493 e. The van der Waals surface area contributed by atoms with E-state index < -0.39 is 0 Å². The van der Waals surface area contributed by atoms with Crippen molar-refractivity contribution in [1.29, 1.82) is 0 Å². The summed E-state index contributed by atoms with van der Waals surface area (Å²) in [5.41, 5.74) is 2.29. The molecule has 2 aromatic carbocycles. The molecule has 1 aromatic heterocycles. The molecule has 3 heterocycles. The third kappa shape index (κ3) is 4.37. The summed E-state index contributed by atoms with van der Waals surface area (Å²) in [7, 11) is 3.07. The molecular formula is C26H30N4O5. The maximum atomic E-state index is 13.7. The Morgan fingerprint density at radius 3 is 2.57 bits per heavy atom. The number of benzene rings is 2. The smallest absolute Gasteiger partial charge is 0.262 e. The summed E-state index contributed by atoms with van der Waals surface area (Å²) < 4.78 is 17.8. The number of nitrogens with zero attached hydrogens (tertiary/aromatic N) is 4. The van der Waals surface area contributed by atoms with Gasteiger partial charge < -0.3 is 19.1 Å². The molecule has 3 aromatic rings. The van der Waals surface area contributed by atoms with Crippen LogP contribution in [0.25, 0.3) is 10.9 Å². The fraction of sp³-hybridized carbons (Fsp3) is 0.423. The topological polar surface area (TPSA) is 86.1 Å². The maximum absolute atomic E-state index is 13.7. The van der Waals surface area contributed by atoms with Crippen molar-refractivity contribution >= 4 is 22.5 Å². The summed E-state index contributed by atoms with van der Waals surface area (Å²) in [4.78, 5) is 36.2. The van der Waals surface area contributed by atoms with Gasteiger partial charge in [0.15, 0.2) is 11.5 Å². The first-order valence-corrected chi connectivity index (χ1v) is 11.9. The monoisotopic (exact) mass is 478 g/mol. The first-order chi connectivity index (χ1) is 17.0. The second-order valence-electron chi connectivity index (χ2n) is 8.98. The van der Waals surface area contributed by atoms with E-state index in [0.29, 0.717) is 48.0 Å². The molecule has 0 saturated carbocycles. The molecule has 1 saturated heterocycles. The number of ether oxygens (including phenoxy) is 3. The number of carbonyl (C=O) groups excluding carboxylic acids is 1. The van der Waals surface area contributed by atoms with E-state index in [-0.39, 0.29) is 24.1 Å². The minimum absolute atomic E-state index is 0.0241. The molecule has 9 nitrogen and oxygen atoms in total. The van der Waals surface area contributed by atoms with Crippen molar-refractivity contribution in [2.24, 2.45) is 0 Å². The van der Waals surface area contributed by atoms with E-state index >= 15 is 0 Å². The number of aromatic nitrogens is 2. The van der Waals surface area contributed by atoms with Gasteiger partial charge in [-0.1, -0.05) is 18.2 Å². The van der Waals surface area contributed by atoms with Crippen LogP contribution < -0.4 is 19.9 Å². The van der Waals surface area contributed by atoms with Crippen LogP contribution in [0.5, 0.6) is 11.5 Å². The predicted octanol–water partition coefficient (Wildman–Crippen LogP) is 2.22. The second kappa shape index (κ2) is 9.67. The number of para-hydroxylation sites is 1. The normalized spacial score (nSPS) is 18.0. The van der Waals surface area contributed by atoms with Gasteiger partial charge in [-0.05, 0) is 31.0 Å². The Bertz CT molecular complexity index is 1320. The zero-order valence-corrected chi connectivity index (χ0v) is 20.3. The van der Waals surface area contributed by atoms with Crippen molar-refractivity contribution in [3.05, 3.63) is 58.1 Å². The van der Waals surface area contributed by atoms with Crippen LogP contribution in [0.1, 0.15) is 18.3 Å². The van der Waals surface area contributed by atoms with Gasteiger partial charge in [-0.25, -0.2) is 4.98 Å². The first-order valence-electron chi connectivity index (χ1n) is 11.9. The van der Waals surface area contributed by atoms with Gasteiger partial charge in [-0.3, -0.25) is 19.1 Å². The number of anilines is 1. The van der Waals surface area contributed by atoms with Gasteiger partial charge in [-0.2, -0.15) is 0 Å². The highest BCUT2D eigenvalue weighted by atomic mass is 16.5. The van der Waals surface area contributed by atoms with Gasteiger partial charge in [0.05, 0.1) is 44.9 Å². The van der Waals surface area contributed by atoms with Crippen molar-refractivity contribution in [3.63, 3.8) is 0 Å². The molecule has 2 aliphatic heterocycles. The minimum atomic E-state index is -0.271. The van der Waals surface area contributed by atoms with E-state index in [0.717, 1.165) is 30.8 Å². The van der Waals surface area contributed by atoms with Crippen LogP contribution >= 0.6 is 0 Å². The molecule has 5 rings (SSSR count). The Hall–Kier alpha value is -3.43. The lowest BCUT2D eigenvalue weighted by molar-refractivity contribution is -0.119. The van der Waals surface area contributed by atoms with Crippen molar-refractivity contribution < 1.29 is 19.0 Å². The van der Waals surface area contributed by atoms with Gasteiger partial charge in [0, 0.05) is 30.9 Å². The van der Waals surface area contributed by atoms with Crippen molar-refractivity contribution in [2.75, 3.05) is 45.4 Å². The zero-order chi connectivity index (χ0) is 24.5. The number of methoxy groups -OCH3 is 2. The van der Waals surface area contributed by atoms with Crippen molar-refractivity contribution in [1.82, 2.24) is 14.5 Å². The van der Waals surface area contributed by atoms with Crippen LogP contribution in [0, 0.1) is 0 Å². The minimum Gasteiger partial charge on any atom is -0.493 e. The Balaban J connectivity index is 1.57. The molecule has 1 fully saturated rings. The van der Waals surface area contributed by atoms with Crippen LogP contribution in [0.4, 0.5) is 5.69 Å². The van der Waals surface area contributed by atoms with Gasteiger partial charge in [-0.15, -0.1) is 0 Å². The predicted molar refractivity (Wildman–Crippen MR) is 132 cm³/mol. The summed E-state index contributed by atoms with van der Waals surface area (Å²) in [5, 5.41) is 0.385. The van der Waals surface area contributed by atoms with E-state index in [1.165, 1.54) is 11.7 Å². The molecule has 184 valence electrons. The third-order valence-corrected chi connectivity index (χ3v) is 6.78. The van der Waals surface area contributed by atoms with E-state index in [1.54, 1.807) is 24.1 Å². The summed E-state index contributed by atoms with van der Waals surface area (Å²) >= 11 is 0. The lowest BCUT2D eigenvalue weighted by Gasteiger charge is -2.28. The van der Waals surface area contributed by atoms with Crippen molar-refractivity contribution in [2.45, 2.75) is 32.5 Å². The van der Waals surface area contributed by atoms with E-state index in [9.17, 15) is 9.59 Å². The lowest BCUT2D eigenvalue weighted by Crippen LogP contribution is -2.42. The second-order valence-corrected chi connectivity index (χ2v) is 8.98. The Morgan fingerprint density at radius 2 is 1.83 bits per heavy atom. The molecule has 0 spiro atoms. The highest BCUT2D eigenvalue weighted by Crippen LogP contribution is 2.33. The van der Waals surface area contributed by atoms with E-state index in [1.807, 2.05) is 31.2 Å². The highest BCUT2D eigenvalue weighted by Gasteiger charge is 2.31. The molecule has 0 radical (unpaired) electrons. The summed E-state index contributed by atoms with van der Waals surface area (Å²) in [6.07, 6.45) is 0.796. The van der Waals surface area contributed by atoms with Crippen LogP contribution in [0.3, 0.4) is 0 Å². The van der Waals surface area contributed by atoms with E-state index in [4.69, 9.17) is 19.2 Å². The number of hydrogen-bond donors (Lipinski definition) is 0. The lowest BCUT2D eigenvalue weighted by atomic mass is 10.1. The number of hydrogen-bond acceptors (Lipinski definition) is 7. The standard InChI is InChI=1S/C26H30N4O5/c1-17-12-18-6-4-5-7-21(18)30(17)25(31)16-29-24(15-28-8-10-35-11-9-28)27-20-14-23(34-3)22(33-2)13-19(20)26(29)32/h4-7,13-14,17H,8-12,15-16H2,1-3H3.